The molecule has 1 aromatic heterocycles. The van der Waals surface area contributed by atoms with Crippen molar-refractivity contribution in [2.75, 3.05) is 6.54 Å². The largest absolute Gasteiger partial charge is 0.464 e. The summed E-state index contributed by atoms with van der Waals surface area (Å²) in [5.41, 5.74) is 2.23. The van der Waals surface area contributed by atoms with Gasteiger partial charge in [0.05, 0.1) is 6.26 Å². The molecule has 0 amide bonds. The zero-order chi connectivity index (χ0) is 12.1. The van der Waals surface area contributed by atoms with E-state index >= 15 is 0 Å². The maximum absolute atomic E-state index is 5.52. The van der Waals surface area contributed by atoms with Crippen LogP contribution in [-0.2, 0) is 6.54 Å². The number of rotatable bonds is 6. The number of benzene rings is 1. The quantitative estimate of drug-likeness (QED) is 0.814. The van der Waals surface area contributed by atoms with Crippen molar-refractivity contribution in [2.24, 2.45) is 5.92 Å². The van der Waals surface area contributed by atoms with Crippen LogP contribution in [-0.4, -0.2) is 6.54 Å². The fourth-order valence-corrected chi connectivity index (χ4v) is 2.16. The van der Waals surface area contributed by atoms with Gasteiger partial charge in [-0.25, -0.2) is 0 Å². The topological polar surface area (TPSA) is 25.2 Å². The Hall–Kier alpha value is -1.28. The normalized spacial score (nSPS) is 11.5. The van der Waals surface area contributed by atoms with Crippen molar-refractivity contribution in [3.8, 4) is 0 Å². The molecule has 0 unspecified atom stereocenters. The summed E-state index contributed by atoms with van der Waals surface area (Å²) in [6.45, 7) is 6.49. The van der Waals surface area contributed by atoms with Gasteiger partial charge in [-0.05, 0) is 18.5 Å². The molecule has 17 heavy (non-hydrogen) atoms. The van der Waals surface area contributed by atoms with Crippen molar-refractivity contribution in [2.45, 2.75) is 33.2 Å². The average molecular weight is 231 g/mol. The number of furan rings is 1. The smallest absolute Gasteiger partial charge is 0.134 e. The molecule has 92 valence electrons. The van der Waals surface area contributed by atoms with Gasteiger partial charge in [0.2, 0.25) is 0 Å². The van der Waals surface area contributed by atoms with E-state index in [-0.39, 0.29) is 0 Å². The SMILES string of the molecule is CCC(CC)CNCc1coc2ccccc12. The highest BCUT2D eigenvalue weighted by Gasteiger charge is 2.06. The summed E-state index contributed by atoms with van der Waals surface area (Å²) < 4.78 is 5.52. The maximum atomic E-state index is 5.52. The Kier molecular flexibility index (Phi) is 4.21. The summed E-state index contributed by atoms with van der Waals surface area (Å²) >= 11 is 0. The molecule has 0 saturated carbocycles. The predicted molar refractivity (Wildman–Crippen MR) is 72.0 cm³/mol. The number of hydrogen-bond donors (Lipinski definition) is 1. The highest BCUT2D eigenvalue weighted by atomic mass is 16.3. The average Bonchev–Trinajstić information content (AvgIpc) is 2.78. The zero-order valence-corrected chi connectivity index (χ0v) is 10.7. The maximum Gasteiger partial charge on any atom is 0.134 e. The van der Waals surface area contributed by atoms with E-state index in [1.54, 1.807) is 0 Å². The van der Waals surface area contributed by atoms with Crippen molar-refractivity contribution < 1.29 is 4.42 Å². The molecule has 0 spiro atoms. The van der Waals surface area contributed by atoms with Crippen molar-refractivity contribution in [3.63, 3.8) is 0 Å². The van der Waals surface area contributed by atoms with Crippen molar-refractivity contribution in [3.05, 3.63) is 36.1 Å². The van der Waals surface area contributed by atoms with Crippen LogP contribution < -0.4 is 5.32 Å². The van der Waals surface area contributed by atoms with E-state index in [4.69, 9.17) is 4.42 Å². The molecule has 2 rings (SSSR count). The van der Waals surface area contributed by atoms with Gasteiger partial charge in [0.1, 0.15) is 5.58 Å². The Bertz CT molecular complexity index is 457. The molecule has 2 aromatic rings. The van der Waals surface area contributed by atoms with E-state index in [1.807, 2.05) is 18.4 Å². The minimum Gasteiger partial charge on any atom is -0.464 e. The lowest BCUT2D eigenvalue weighted by atomic mass is 10.0. The zero-order valence-electron chi connectivity index (χ0n) is 10.7. The Balaban J connectivity index is 1.95. The van der Waals surface area contributed by atoms with Crippen LogP contribution in [0.1, 0.15) is 32.3 Å². The van der Waals surface area contributed by atoms with E-state index in [2.05, 4.69) is 31.3 Å². The van der Waals surface area contributed by atoms with Gasteiger partial charge >= 0.3 is 0 Å². The second kappa shape index (κ2) is 5.87. The predicted octanol–water partition coefficient (Wildman–Crippen LogP) is 3.96. The standard InChI is InChI=1S/C15H21NO/c1-3-12(4-2)9-16-10-13-11-17-15-8-6-5-7-14(13)15/h5-8,11-12,16H,3-4,9-10H2,1-2H3. The molecule has 0 aliphatic heterocycles. The molecule has 0 fully saturated rings. The van der Waals surface area contributed by atoms with Gasteiger partial charge in [0.25, 0.3) is 0 Å². The van der Waals surface area contributed by atoms with Crippen molar-refractivity contribution in [1.29, 1.82) is 0 Å². The fourth-order valence-electron chi connectivity index (χ4n) is 2.16. The van der Waals surface area contributed by atoms with Gasteiger partial charge in [-0.1, -0.05) is 44.9 Å². The minimum absolute atomic E-state index is 0.785. The highest BCUT2D eigenvalue weighted by Crippen LogP contribution is 2.20. The van der Waals surface area contributed by atoms with Gasteiger partial charge < -0.3 is 9.73 Å². The van der Waals surface area contributed by atoms with E-state index in [0.717, 1.165) is 24.6 Å². The van der Waals surface area contributed by atoms with E-state index in [9.17, 15) is 0 Å². The first kappa shape index (κ1) is 12.2. The number of hydrogen-bond acceptors (Lipinski definition) is 2. The first-order valence-electron chi connectivity index (χ1n) is 6.51. The third-order valence-electron chi connectivity index (χ3n) is 3.46. The molecule has 0 aliphatic carbocycles. The number of para-hydroxylation sites is 1. The lowest BCUT2D eigenvalue weighted by Gasteiger charge is -2.12. The molecule has 1 heterocycles. The summed E-state index contributed by atoms with van der Waals surface area (Å²) in [7, 11) is 0. The molecule has 2 heteroatoms. The van der Waals surface area contributed by atoms with Gasteiger partial charge in [0.15, 0.2) is 0 Å². The molecule has 1 N–H and O–H groups in total. The summed E-state index contributed by atoms with van der Waals surface area (Å²) in [5, 5.41) is 4.75. The van der Waals surface area contributed by atoms with Crippen LogP contribution in [0.4, 0.5) is 0 Å². The molecule has 0 saturated heterocycles. The van der Waals surface area contributed by atoms with Crippen LogP contribution >= 0.6 is 0 Å². The third-order valence-corrected chi connectivity index (χ3v) is 3.46. The molecule has 0 aliphatic rings. The summed E-state index contributed by atoms with van der Waals surface area (Å²) in [6, 6.07) is 8.20. The minimum atomic E-state index is 0.785. The molecule has 2 nitrogen and oxygen atoms in total. The van der Waals surface area contributed by atoms with E-state index < -0.39 is 0 Å². The molecular formula is C15H21NO. The van der Waals surface area contributed by atoms with Crippen LogP contribution in [0.3, 0.4) is 0 Å². The van der Waals surface area contributed by atoms with Crippen molar-refractivity contribution in [1.82, 2.24) is 5.32 Å². The molecule has 1 aromatic carbocycles. The lowest BCUT2D eigenvalue weighted by Crippen LogP contribution is -2.21. The third kappa shape index (κ3) is 2.89. The Morgan fingerprint density at radius 2 is 1.94 bits per heavy atom. The monoisotopic (exact) mass is 231 g/mol. The van der Waals surface area contributed by atoms with E-state index in [0.29, 0.717) is 0 Å². The van der Waals surface area contributed by atoms with E-state index in [1.165, 1.54) is 23.8 Å². The summed E-state index contributed by atoms with van der Waals surface area (Å²) in [4.78, 5) is 0. The van der Waals surface area contributed by atoms with Gasteiger partial charge in [-0.3, -0.25) is 0 Å². The van der Waals surface area contributed by atoms with Crippen LogP contribution in [0.5, 0.6) is 0 Å². The highest BCUT2D eigenvalue weighted by molar-refractivity contribution is 5.80. The molecule has 0 radical (unpaired) electrons. The molecule has 0 bridgehead atoms. The Morgan fingerprint density at radius 1 is 1.18 bits per heavy atom. The molecule has 0 atom stereocenters. The van der Waals surface area contributed by atoms with Crippen molar-refractivity contribution >= 4 is 11.0 Å². The fraction of sp³-hybridized carbons (Fsp3) is 0.467. The summed E-state index contributed by atoms with van der Waals surface area (Å²) in [5.74, 6) is 0.785. The number of nitrogens with one attached hydrogen (secondary N) is 1. The van der Waals surface area contributed by atoms with Gasteiger partial charge in [-0.15, -0.1) is 0 Å². The van der Waals surface area contributed by atoms with Crippen LogP contribution in [0, 0.1) is 5.92 Å². The van der Waals surface area contributed by atoms with Crippen LogP contribution in [0.15, 0.2) is 34.9 Å². The lowest BCUT2D eigenvalue weighted by molar-refractivity contribution is 0.449. The Labute approximate surface area is 103 Å². The first-order valence-corrected chi connectivity index (χ1v) is 6.51. The van der Waals surface area contributed by atoms with Crippen LogP contribution in [0.25, 0.3) is 11.0 Å². The molecular weight excluding hydrogens is 210 g/mol. The first-order chi connectivity index (χ1) is 8.35. The Morgan fingerprint density at radius 3 is 2.71 bits per heavy atom. The number of fused-ring (bicyclic) bond motifs is 1. The van der Waals surface area contributed by atoms with Crippen LogP contribution in [0.2, 0.25) is 0 Å². The van der Waals surface area contributed by atoms with Gasteiger partial charge in [0, 0.05) is 17.5 Å². The second-order valence-electron chi connectivity index (χ2n) is 4.57. The second-order valence-corrected chi connectivity index (χ2v) is 4.57. The summed E-state index contributed by atoms with van der Waals surface area (Å²) in [6.07, 6.45) is 4.36. The van der Waals surface area contributed by atoms with Gasteiger partial charge in [-0.2, -0.15) is 0 Å².